The Morgan fingerprint density at radius 2 is 1.81 bits per heavy atom. The zero-order valence-electron chi connectivity index (χ0n) is 11.3. The van der Waals surface area contributed by atoms with Gasteiger partial charge in [-0.2, -0.15) is 0 Å². The van der Waals surface area contributed by atoms with E-state index in [1.807, 2.05) is 12.1 Å². The van der Waals surface area contributed by atoms with Gasteiger partial charge in [0.15, 0.2) is 12.4 Å². The van der Waals surface area contributed by atoms with Crippen LogP contribution in [0.2, 0.25) is 0 Å². The predicted octanol–water partition coefficient (Wildman–Crippen LogP) is 3.34. The normalized spacial score (nSPS) is 10.2. The van der Waals surface area contributed by atoms with Gasteiger partial charge in [-0.15, -0.1) is 0 Å². The number of aromatic hydroxyl groups is 1. The second-order valence-corrected chi connectivity index (χ2v) is 5.72. The van der Waals surface area contributed by atoms with E-state index in [0.29, 0.717) is 11.1 Å². The molecule has 0 heterocycles. The van der Waals surface area contributed by atoms with Crippen molar-refractivity contribution in [1.82, 2.24) is 0 Å². The number of halogens is 1. The van der Waals surface area contributed by atoms with Crippen molar-refractivity contribution < 1.29 is 19.4 Å². The average Bonchev–Trinajstić information content (AvgIpc) is 2.48. The van der Waals surface area contributed by atoms with E-state index in [0.717, 1.165) is 3.57 Å². The van der Waals surface area contributed by atoms with Gasteiger partial charge in [-0.05, 0) is 53.3 Å². The second kappa shape index (κ2) is 6.71. The molecule has 0 aliphatic rings. The first-order valence-corrected chi connectivity index (χ1v) is 7.31. The number of ether oxygens (including phenoxy) is 1. The molecule has 0 bridgehead atoms. The van der Waals surface area contributed by atoms with Gasteiger partial charge in [0.25, 0.3) is 0 Å². The molecule has 0 aromatic heterocycles. The molecule has 0 amide bonds. The Bertz CT molecular complexity index is 677. The number of benzene rings is 2. The smallest absolute Gasteiger partial charge is 0.342 e. The van der Waals surface area contributed by atoms with Crippen LogP contribution >= 0.6 is 22.6 Å². The van der Waals surface area contributed by atoms with E-state index in [-0.39, 0.29) is 23.7 Å². The number of aryl methyl sites for hydroxylation is 1. The Morgan fingerprint density at radius 3 is 2.48 bits per heavy atom. The van der Waals surface area contributed by atoms with Crippen molar-refractivity contribution in [2.45, 2.75) is 6.92 Å². The molecule has 2 aromatic carbocycles. The van der Waals surface area contributed by atoms with Crippen molar-refractivity contribution in [1.29, 1.82) is 0 Å². The lowest BCUT2D eigenvalue weighted by molar-refractivity contribution is 0.0471. The molecule has 0 radical (unpaired) electrons. The van der Waals surface area contributed by atoms with Crippen LogP contribution in [-0.2, 0) is 4.74 Å². The van der Waals surface area contributed by atoms with Crippen LogP contribution in [0.3, 0.4) is 0 Å². The van der Waals surface area contributed by atoms with Gasteiger partial charge >= 0.3 is 5.97 Å². The molecule has 5 heteroatoms. The van der Waals surface area contributed by atoms with Crippen molar-refractivity contribution in [3.8, 4) is 5.75 Å². The molecule has 0 aliphatic heterocycles. The SMILES string of the molecule is Cc1cccc(C(=O)OCC(=O)c2ccc(I)cc2)c1O. The van der Waals surface area contributed by atoms with Crippen molar-refractivity contribution in [3.05, 3.63) is 62.7 Å². The summed E-state index contributed by atoms with van der Waals surface area (Å²) in [4.78, 5) is 23.8. The zero-order valence-corrected chi connectivity index (χ0v) is 13.5. The molecule has 4 nitrogen and oxygen atoms in total. The summed E-state index contributed by atoms with van der Waals surface area (Å²) >= 11 is 2.14. The molecule has 21 heavy (non-hydrogen) atoms. The lowest BCUT2D eigenvalue weighted by Crippen LogP contribution is -2.14. The van der Waals surface area contributed by atoms with Crippen molar-refractivity contribution >= 4 is 34.3 Å². The number of carbonyl (C=O) groups excluding carboxylic acids is 2. The summed E-state index contributed by atoms with van der Waals surface area (Å²) in [6.45, 7) is 1.33. The van der Waals surface area contributed by atoms with Crippen LogP contribution in [0.5, 0.6) is 5.75 Å². The molecule has 0 saturated heterocycles. The summed E-state index contributed by atoms with van der Waals surface area (Å²) < 4.78 is 5.98. The van der Waals surface area contributed by atoms with Gasteiger partial charge in [-0.3, -0.25) is 4.79 Å². The summed E-state index contributed by atoms with van der Waals surface area (Å²) in [5.41, 5.74) is 1.12. The van der Waals surface area contributed by atoms with Crippen LogP contribution in [0, 0.1) is 10.5 Å². The second-order valence-electron chi connectivity index (χ2n) is 4.48. The van der Waals surface area contributed by atoms with E-state index in [2.05, 4.69) is 22.6 Å². The third-order valence-corrected chi connectivity index (χ3v) is 3.68. The Kier molecular flexibility index (Phi) is 4.95. The van der Waals surface area contributed by atoms with Crippen molar-refractivity contribution in [2.24, 2.45) is 0 Å². The summed E-state index contributed by atoms with van der Waals surface area (Å²) in [5.74, 6) is -1.12. The molecule has 0 spiro atoms. The van der Waals surface area contributed by atoms with Crippen LogP contribution in [0.4, 0.5) is 0 Å². The number of para-hydroxylation sites is 1. The van der Waals surface area contributed by atoms with Crippen LogP contribution < -0.4 is 0 Å². The highest BCUT2D eigenvalue weighted by atomic mass is 127. The van der Waals surface area contributed by atoms with E-state index in [1.54, 1.807) is 31.2 Å². The molecular weight excluding hydrogens is 383 g/mol. The lowest BCUT2D eigenvalue weighted by Gasteiger charge is -2.07. The van der Waals surface area contributed by atoms with Gasteiger partial charge in [-0.25, -0.2) is 4.79 Å². The number of hydrogen-bond acceptors (Lipinski definition) is 4. The van der Waals surface area contributed by atoms with Gasteiger partial charge in [0, 0.05) is 9.13 Å². The topological polar surface area (TPSA) is 63.6 Å². The summed E-state index contributed by atoms with van der Waals surface area (Å²) in [6, 6.07) is 11.8. The number of phenolic OH excluding ortho intramolecular Hbond substituents is 1. The lowest BCUT2D eigenvalue weighted by atomic mass is 10.1. The van der Waals surface area contributed by atoms with Gasteiger partial charge in [0.05, 0.1) is 0 Å². The summed E-state index contributed by atoms with van der Waals surface area (Å²) in [5, 5.41) is 9.79. The van der Waals surface area contributed by atoms with Crippen LogP contribution in [0.25, 0.3) is 0 Å². The number of ketones is 1. The fraction of sp³-hybridized carbons (Fsp3) is 0.125. The molecule has 2 aromatic rings. The molecule has 0 unspecified atom stereocenters. The van der Waals surface area contributed by atoms with E-state index in [9.17, 15) is 14.7 Å². The molecule has 0 fully saturated rings. The Hall–Kier alpha value is -1.89. The first-order chi connectivity index (χ1) is 9.99. The zero-order chi connectivity index (χ0) is 15.4. The monoisotopic (exact) mass is 396 g/mol. The van der Waals surface area contributed by atoms with Crippen LogP contribution in [-0.4, -0.2) is 23.5 Å². The molecule has 1 N–H and O–H groups in total. The average molecular weight is 396 g/mol. The maximum Gasteiger partial charge on any atom is 0.342 e. The summed E-state index contributed by atoms with van der Waals surface area (Å²) in [6.07, 6.45) is 0. The molecule has 2 rings (SSSR count). The molecule has 0 saturated carbocycles. The van der Waals surface area contributed by atoms with E-state index in [4.69, 9.17) is 4.74 Å². The molecule has 108 valence electrons. The molecular formula is C16H13IO4. The molecule has 0 aliphatic carbocycles. The minimum atomic E-state index is -0.713. The van der Waals surface area contributed by atoms with Crippen molar-refractivity contribution in [2.75, 3.05) is 6.61 Å². The van der Waals surface area contributed by atoms with E-state index < -0.39 is 5.97 Å². The fourth-order valence-corrected chi connectivity index (χ4v) is 2.11. The Labute approximate surface area is 135 Å². The highest BCUT2D eigenvalue weighted by Gasteiger charge is 2.16. The van der Waals surface area contributed by atoms with E-state index >= 15 is 0 Å². The van der Waals surface area contributed by atoms with Crippen molar-refractivity contribution in [3.63, 3.8) is 0 Å². The number of esters is 1. The van der Waals surface area contributed by atoms with Gasteiger partial charge in [0.1, 0.15) is 11.3 Å². The van der Waals surface area contributed by atoms with E-state index in [1.165, 1.54) is 6.07 Å². The van der Waals surface area contributed by atoms with Gasteiger partial charge < -0.3 is 9.84 Å². The first kappa shape index (κ1) is 15.5. The third-order valence-electron chi connectivity index (χ3n) is 2.96. The number of phenols is 1. The highest BCUT2D eigenvalue weighted by molar-refractivity contribution is 14.1. The largest absolute Gasteiger partial charge is 0.507 e. The Balaban J connectivity index is 2.02. The quantitative estimate of drug-likeness (QED) is 0.489. The number of Topliss-reactive ketones (excluding diaryl/α,β-unsaturated/α-hetero) is 1. The minimum Gasteiger partial charge on any atom is -0.507 e. The number of carbonyl (C=O) groups is 2. The predicted molar refractivity (Wildman–Crippen MR) is 86.6 cm³/mol. The number of rotatable bonds is 4. The van der Waals surface area contributed by atoms with Crippen LogP contribution in [0.1, 0.15) is 26.3 Å². The third kappa shape index (κ3) is 3.81. The standard InChI is InChI=1S/C16H13IO4/c1-10-3-2-4-13(15(10)19)16(20)21-9-14(18)11-5-7-12(17)8-6-11/h2-8,19H,9H2,1H3. The minimum absolute atomic E-state index is 0.0606. The first-order valence-electron chi connectivity index (χ1n) is 6.23. The maximum absolute atomic E-state index is 11.9. The van der Waals surface area contributed by atoms with Crippen LogP contribution in [0.15, 0.2) is 42.5 Å². The fourth-order valence-electron chi connectivity index (χ4n) is 1.75. The highest BCUT2D eigenvalue weighted by Crippen LogP contribution is 2.22. The Morgan fingerprint density at radius 1 is 1.14 bits per heavy atom. The maximum atomic E-state index is 11.9. The number of hydrogen-bond donors (Lipinski definition) is 1. The van der Waals surface area contributed by atoms with Gasteiger partial charge in [-0.1, -0.05) is 24.3 Å². The molecule has 0 atom stereocenters. The summed E-state index contributed by atoms with van der Waals surface area (Å²) in [7, 11) is 0. The van der Waals surface area contributed by atoms with Gasteiger partial charge in [0.2, 0.25) is 0 Å².